The molecule has 3 N–H and O–H groups in total. The average molecular weight is 434 g/mol. The first kappa shape index (κ1) is 21.9. The Hall–Kier alpha value is -2.83. The minimum absolute atomic E-state index is 0. The molecule has 1 aliphatic carbocycles. The van der Waals surface area contributed by atoms with Gasteiger partial charge in [-0.1, -0.05) is 12.1 Å². The summed E-state index contributed by atoms with van der Waals surface area (Å²) in [5, 5.41) is 12.5. The number of anilines is 1. The number of benzene rings is 1. The van der Waals surface area contributed by atoms with Gasteiger partial charge in [-0.25, -0.2) is 4.79 Å². The Labute approximate surface area is 180 Å². The van der Waals surface area contributed by atoms with E-state index < -0.39 is 17.6 Å². The molecule has 3 fully saturated rings. The number of carbonyl (C=O) groups is 3. The van der Waals surface area contributed by atoms with Gasteiger partial charge in [0.1, 0.15) is 6.10 Å². The molecule has 1 saturated carbocycles. The van der Waals surface area contributed by atoms with E-state index in [1.54, 1.807) is 4.90 Å². The molecule has 0 radical (unpaired) electrons. The standard InChI is InChI=1S/C20H23N5O4.ClH/c1-12(26)23-7-15-8-25(19(28)29-15)14-4-2-13(3-5-14)20(11-22)16-9-24(10-17(16)20)18(27)6-21;/h2-5,15-17H,6-10,21H2,1H3,(H,23,26);1H/t15-,16?,17?,20?;/m0./s1. The maximum absolute atomic E-state index is 12.2. The summed E-state index contributed by atoms with van der Waals surface area (Å²) >= 11 is 0. The van der Waals surface area contributed by atoms with Crippen molar-refractivity contribution in [3.8, 4) is 6.07 Å². The summed E-state index contributed by atoms with van der Waals surface area (Å²) in [5.74, 6) is -0.0200. The quantitative estimate of drug-likeness (QED) is 0.690. The molecule has 10 heteroatoms. The summed E-state index contributed by atoms with van der Waals surface area (Å²) in [7, 11) is 0. The van der Waals surface area contributed by atoms with E-state index in [1.807, 2.05) is 24.3 Å². The van der Waals surface area contributed by atoms with Crippen LogP contribution in [0, 0.1) is 23.2 Å². The zero-order chi connectivity index (χ0) is 20.8. The number of fused-ring (bicyclic) bond motifs is 1. The van der Waals surface area contributed by atoms with Crippen LogP contribution in [0.5, 0.6) is 0 Å². The van der Waals surface area contributed by atoms with Crippen LogP contribution in [0.15, 0.2) is 24.3 Å². The molecule has 3 aliphatic rings. The first-order chi connectivity index (χ1) is 13.9. The molecular weight excluding hydrogens is 410 g/mol. The van der Waals surface area contributed by atoms with Gasteiger partial charge >= 0.3 is 6.09 Å². The fraction of sp³-hybridized carbons (Fsp3) is 0.500. The number of piperidine rings is 1. The molecule has 1 aromatic carbocycles. The highest BCUT2D eigenvalue weighted by Gasteiger charge is 2.70. The van der Waals surface area contributed by atoms with Crippen molar-refractivity contribution in [3.63, 3.8) is 0 Å². The molecule has 3 atom stereocenters. The zero-order valence-corrected chi connectivity index (χ0v) is 17.4. The Balaban J connectivity index is 0.00000256. The van der Waals surface area contributed by atoms with Gasteiger partial charge in [-0.3, -0.25) is 14.5 Å². The number of likely N-dealkylation sites (tertiary alicyclic amines) is 1. The van der Waals surface area contributed by atoms with E-state index in [-0.39, 0.29) is 49.1 Å². The van der Waals surface area contributed by atoms with Crippen LogP contribution in [-0.2, 0) is 19.7 Å². The van der Waals surface area contributed by atoms with Gasteiger partial charge in [-0.05, 0) is 17.7 Å². The molecule has 0 bridgehead atoms. The van der Waals surface area contributed by atoms with Gasteiger partial charge in [-0.2, -0.15) is 5.26 Å². The molecule has 4 rings (SSSR count). The van der Waals surface area contributed by atoms with Crippen LogP contribution < -0.4 is 16.0 Å². The predicted molar refractivity (Wildman–Crippen MR) is 110 cm³/mol. The van der Waals surface area contributed by atoms with Crippen LogP contribution in [-0.4, -0.2) is 61.6 Å². The second kappa shape index (κ2) is 8.13. The fourth-order valence-electron chi connectivity index (χ4n) is 4.63. The second-order valence-electron chi connectivity index (χ2n) is 7.80. The molecule has 2 aliphatic heterocycles. The van der Waals surface area contributed by atoms with Crippen LogP contribution >= 0.6 is 12.4 Å². The van der Waals surface area contributed by atoms with Crippen molar-refractivity contribution in [3.05, 3.63) is 29.8 Å². The number of cyclic esters (lactones) is 1. The lowest BCUT2D eigenvalue weighted by Gasteiger charge is -2.23. The molecule has 2 unspecified atom stereocenters. The minimum atomic E-state index is -0.580. The van der Waals surface area contributed by atoms with Crippen LogP contribution in [0.4, 0.5) is 10.5 Å². The number of carbonyl (C=O) groups excluding carboxylic acids is 3. The Bertz CT molecular complexity index is 887. The Morgan fingerprint density at radius 1 is 1.27 bits per heavy atom. The number of nitriles is 1. The summed E-state index contributed by atoms with van der Waals surface area (Å²) < 4.78 is 5.29. The van der Waals surface area contributed by atoms with Gasteiger partial charge in [0.15, 0.2) is 0 Å². The number of hydrogen-bond donors (Lipinski definition) is 2. The molecule has 160 valence electrons. The van der Waals surface area contributed by atoms with E-state index in [9.17, 15) is 19.6 Å². The van der Waals surface area contributed by atoms with Crippen molar-refractivity contribution in [1.29, 1.82) is 5.26 Å². The summed E-state index contributed by atoms with van der Waals surface area (Å²) in [4.78, 5) is 38.2. The number of ether oxygens (including phenoxy) is 1. The van der Waals surface area contributed by atoms with Crippen molar-refractivity contribution in [1.82, 2.24) is 10.2 Å². The maximum Gasteiger partial charge on any atom is 0.414 e. The molecule has 2 heterocycles. The van der Waals surface area contributed by atoms with Crippen molar-refractivity contribution in [2.75, 3.05) is 37.6 Å². The number of amides is 3. The molecule has 0 aromatic heterocycles. The van der Waals surface area contributed by atoms with E-state index in [0.717, 1.165) is 5.56 Å². The lowest BCUT2D eigenvalue weighted by molar-refractivity contribution is -0.129. The third-order valence-corrected chi connectivity index (χ3v) is 6.20. The highest BCUT2D eigenvalue weighted by atomic mass is 35.5. The maximum atomic E-state index is 12.2. The van der Waals surface area contributed by atoms with Gasteiger partial charge in [0.05, 0.1) is 31.1 Å². The number of rotatable bonds is 5. The SMILES string of the molecule is CC(=O)NC[C@H]1CN(c2ccc(C3(C#N)C4CN(C(=O)CN)CC43)cc2)C(=O)O1.Cl. The van der Waals surface area contributed by atoms with E-state index in [2.05, 4.69) is 11.4 Å². The lowest BCUT2D eigenvalue weighted by Crippen LogP contribution is -2.38. The molecular formula is C20H24ClN5O4. The van der Waals surface area contributed by atoms with Crippen molar-refractivity contribution in [2.45, 2.75) is 18.4 Å². The van der Waals surface area contributed by atoms with Crippen LogP contribution in [0.1, 0.15) is 12.5 Å². The van der Waals surface area contributed by atoms with E-state index in [1.165, 1.54) is 11.8 Å². The first-order valence-electron chi connectivity index (χ1n) is 9.63. The van der Waals surface area contributed by atoms with Crippen LogP contribution in [0.3, 0.4) is 0 Å². The third-order valence-electron chi connectivity index (χ3n) is 6.20. The third kappa shape index (κ3) is 3.46. The van der Waals surface area contributed by atoms with Gasteiger partial charge in [0.25, 0.3) is 0 Å². The molecule has 1 aromatic rings. The van der Waals surface area contributed by atoms with E-state index >= 15 is 0 Å². The van der Waals surface area contributed by atoms with Crippen LogP contribution in [0.2, 0.25) is 0 Å². The monoisotopic (exact) mass is 433 g/mol. The molecule has 9 nitrogen and oxygen atoms in total. The largest absolute Gasteiger partial charge is 0.442 e. The van der Waals surface area contributed by atoms with Gasteiger partial charge in [0, 0.05) is 37.5 Å². The number of nitrogens with zero attached hydrogens (tertiary/aromatic N) is 3. The van der Waals surface area contributed by atoms with Crippen LogP contribution in [0.25, 0.3) is 0 Å². The normalized spacial score (nSPS) is 28.8. The second-order valence-corrected chi connectivity index (χ2v) is 7.80. The van der Waals surface area contributed by atoms with E-state index in [4.69, 9.17) is 10.5 Å². The average Bonchev–Trinajstić information content (AvgIpc) is 3.02. The number of nitrogens with two attached hydrogens (primary N) is 1. The first-order valence-corrected chi connectivity index (χ1v) is 9.63. The predicted octanol–water partition coefficient (Wildman–Crippen LogP) is 0.378. The van der Waals surface area contributed by atoms with Gasteiger partial charge < -0.3 is 20.7 Å². The zero-order valence-electron chi connectivity index (χ0n) is 16.5. The van der Waals surface area contributed by atoms with Crippen molar-refractivity contribution >= 4 is 36.0 Å². The van der Waals surface area contributed by atoms with Gasteiger partial charge in [0.2, 0.25) is 11.8 Å². The Kier molecular flexibility index (Phi) is 5.92. The number of halogens is 1. The summed E-state index contributed by atoms with van der Waals surface area (Å²) in [6.07, 6.45) is -0.854. The van der Waals surface area contributed by atoms with Crippen molar-refractivity contribution < 1.29 is 19.1 Å². The highest BCUT2D eigenvalue weighted by Crippen LogP contribution is 2.63. The Morgan fingerprint density at radius 2 is 1.90 bits per heavy atom. The molecule has 30 heavy (non-hydrogen) atoms. The Morgan fingerprint density at radius 3 is 2.43 bits per heavy atom. The van der Waals surface area contributed by atoms with Gasteiger partial charge in [-0.15, -0.1) is 12.4 Å². The van der Waals surface area contributed by atoms with E-state index in [0.29, 0.717) is 25.3 Å². The highest BCUT2D eigenvalue weighted by molar-refractivity contribution is 5.90. The summed E-state index contributed by atoms with van der Waals surface area (Å²) in [6.45, 7) is 3.13. The number of hydrogen-bond acceptors (Lipinski definition) is 6. The molecule has 0 spiro atoms. The summed E-state index contributed by atoms with van der Waals surface area (Å²) in [5.41, 5.74) is 6.44. The minimum Gasteiger partial charge on any atom is -0.442 e. The number of nitrogens with one attached hydrogen (secondary N) is 1. The lowest BCUT2D eigenvalue weighted by atomic mass is 9.91. The van der Waals surface area contributed by atoms with Crippen molar-refractivity contribution in [2.24, 2.45) is 17.6 Å². The summed E-state index contributed by atoms with van der Waals surface area (Å²) in [6, 6.07) is 9.84. The topological polar surface area (TPSA) is 129 Å². The molecule has 2 saturated heterocycles. The molecule has 3 amide bonds. The fourth-order valence-corrected chi connectivity index (χ4v) is 4.63. The smallest absolute Gasteiger partial charge is 0.414 e.